The number of hydrogen-bond donors (Lipinski definition) is 1. The lowest BCUT2D eigenvalue weighted by atomic mass is 10.1. The lowest BCUT2D eigenvalue weighted by Gasteiger charge is -2.28. The van der Waals surface area contributed by atoms with Crippen molar-refractivity contribution in [3.05, 3.63) is 35.9 Å². The molecule has 0 aliphatic carbocycles. The van der Waals surface area contributed by atoms with Gasteiger partial charge in [0, 0.05) is 26.1 Å². The van der Waals surface area contributed by atoms with E-state index >= 15 is 0 Å². The topological polar surface area (TPSA) is 55.6 Å². The molecule has 1 aromatic rings. The molecule has 4 nitrogen and oxygen atoms in total. The summed E-state index contributed by atoms with van der Waals surface area (Å²) in [6, 6.07) is 10.5. The van der Waals surface area contributed by atoms with E-state index in [1.54, 1.807) is 0 Å². The van der Waals surface area contributed by atoms with Gasteiger partial charge in [0.15, 0.2) is 0 Å². The van der Waals surface area contributed by atoms with E-state index in [4.69, 9.17) is 10.5 Å². The predicted octanol–water partition coefficient (Wildman–Crippen LogP) is 1.62. The molecule has 5 heteroatoms. The van der Waals surface area contributed by atoms with Crippen LogP contribution >= 0.6 is 12.4 Å². The summed E-state index contributed by atoms with van der Waals surface area (Å²) in [4.78, 5) is 14.1. The molecule has 0 radical (unpaired) electrons. The predicted molar refractivity (Wildman–Crippen MR) is 82.0 cm³/mol. The van der Waals surface area contributed by atoms with Crippen molar-refractivity contribution in [2.75, 3.05) is 26.3 Å². The zero-order valence-electron chi connectivity index (χ0n) is 11.7. The molecule has 0 spiro atoms. The highest BCUT2D eigenvalue weighted by molar-refractivity contribution is 5.85. The Morgan fingerprint density at radius 3 is 2.70 bits per heavy atom. The summed E-state index contributed by atoms with van der Waals surface area (Å²) < 4.78 is 5.39. The van der Waals surface area contributed by atoms with Crippen LogP contribution < -0.4 is 5.73 Å². The first kappa shape index (κ1) is 17.0. The second-order valence-electron chi connectivity index (χ2n) is 4.88. The molecule has 1 heterocycles. The highest BCUT2D eigenvalue weighted by atomic mass is 35.5. The molecular weight excluding hydrogens is 276 g/mol. The van der Waals surface area contributed by atoms with E-state index < -0.39 is 0 Å². The van der Waals surface area contributed by atoms with Crippen molar-refractivity contribution in [3.8, 4) is 0 Å². The van der Waals surface area contributed by atoms with Crippen LogP contribution in [0.2, 0.25) is 0 Å². The van der Waals surface area contributed by atoms with E-state index in [-0.39, 0.29) is 24.4 Å². The number of rotatable bonds is 6. The molecule has 1 unspecified atom stereocenters. The number of hydrogen-bond acceptors (Lipinski definition) is 3. The molecule has 2 rings (SSSR count). The number of nitrogens with zero attached hydrogens (tertiary/aromatic N) is 1. The lowest BCUT2D eigenvalue weighted by molar-refractivity contribution is -0.133. The van der Waals surface area contributed by atoms with Gasteiger partial charge in [0.25, 0.3) is 0 Å². The van der Waals surface area contributed by atoms with Crippen LogP contribution in [0.15, 0.2) is 30.3 Å². The monoisotopic (exact) mass is 298 g/mol. The third kappa shape index (κ3) is 4.78. The Balaban J connectivity index is 0.00000200. The molecular formula is C15H23ClN2O2. The van der Waals surface area contributed by atoms with Gasteiger partial charge in [-0.2, -0.15) is 0 Å². The number of carbonyl (C=O) groups is 1. The molecule has 1 fully saturated rings. The maximum absolute atomic E-state index is 12.1. The number of carbonyl (C=O) groups excluding carboxylic acids is 1. The molecule has 1 atom stereocenters. The Hall–Kier alpha value is -1.10. The van der Waals surface area contributed by atoms with Gasteiger partial charge in [0.2, 0.25) is 5.91 Å². The van der Waals surface area contributed by atoms with Crippen LogP contribution in [-0.4, -0.2) is 43.2 Å². The number of halogens is 1. The van der Waals surface area contributed by atoms with E-state index in [1.165, 1.54) is 5.56 Å². The van der Waals surface area contributed by atoms with Gasteiger partial charge in [-0.3, -0.25) is 4.79 Å². The largest absolute Gasteiger partial charge is 0.379 e. The second-order valence-corrected chi connectivity index (χ2v) is 4.88. The van der Waals surface area contributed by atoms with Gasteiger partial charge < -0.3 is 15.4 Å². The summed E-state index contributed by atoms with van der Waals surface area (Å²) in [6.07, 6.45) is 2.24. The Labute approximate surface area is 126 Å². The molecule has 1 aliphatic rings. The van der Waals surface area contributed by atoms with Crippen LogP contribution in [0.3, 0.4) is 0 Å². The second kappa shape index (κ2) is 8.95. The fourth-order valence-electron chi connectivity index (χ4n) is 2.44. The smallest absolute Gasteiger partial charge is 0.224 e. The highest BCUT2D eigenvalue weighted by Gasteiger charge is 2.26. The van der Waals surface area contributed by atoms with Crippen molar-refractivity contribution < 1.29 is 9.53 Å². The number of ether oxygens (including phenoxy) is 1. The lowest BCUT2D eigenvalue weighted by Crippen LogP contribution is -2.42. The van der Waals surface area contributed by atoms with E-state index in [1.807, 2.05) is 23.1 Å². The van der Waals surface area contributed by atoms with Crippen LogP contribution in [0, 0.1) is 0 Å². The Morgan fingerprint density at radius 1 is 1.35 bits per heavy atom. The van der Waals surface area contributed by atoms with Gasteiger partial charge in [0.05, 0.1) is 12.6 Å². The first-order valence-corrected chi connectivity index (χ1v) is 6.92. The molecule has 0 bridgehead atoms. The molecule has 0 saturated carbocycles. The van der Waals surface area contributed by atoms with Gasteiger partial charge >= 0.3 is 0 Å². The zero-order chi connectivity index (χ0) is 13.5. The third-order valence-electron chi connectivity index (χ3n) is 3.51. The summed E-state index contributed by atoms with van der Waals surface area (Å²) in [6.45, 7) is 2.57. The fourth-order valence-corrected chi connectivity index (χ4v) is 2.44. The van der Waals surface area contributed by atoms with E-state index in [9.17, 15) is 4.79 Å². The highest BCUT2D eigenvalue weighted by Crippen LogP contribution is 2.14. The molecule has 0 aromatic heterocycles. The minimum Gasteiger partial charge on any atom is -0.379 e. The number of nitrogens with two attached hydrogens (primary N) is 1. The standard InChI is InChI=1S/C15H22N2O2.ClH/c16-9-6-15(18)17(14-8-11-19-12-14)10-7-13-4-2-1-3-5-13;/h1-5,14H,6-12,16H2;1H. The van der Waals surface area contributed by atoms with Crippen molar-refractivity contribution in [3.63, 3.8) is 0 Å². The van der Waals surface area contributed by atoms with Crippen molar-refractivity contribution in [1.82, 2.24) is 4.90 Å². The SMILES string of the molecule is Cl.NCCC(=O)N(CCc1ccccc1)C1CCOC1. The minimum atomic E-state index is 0. The zero-order valence-corrected chi connectivity index (χ0v) is 12.5. The number of benzene rings is 1. The molecule has 2 N–H and O–H groups in total. The summed E-state index contributed by atoms with van der Waals surface area (Å²) in [5, 5.41) is 0. The average molecular weight is 299 g/mol. The molecule has 1 amide bonds. The first-order valence-electron chi connectivity index (χ1n) is 6.92. The van der Waals surface area contributed by atoms with Crippen LogP contribution in [0.1, 0.15) is 18.4 Å². The third-order valence-corrected chi connectivity index (χ3v) is 3.51. The van der Waals surface area contributed by atoms with Gasteiger partial charge in [-0.25, -0.2) is 0 Å². The summed E-state index contributed by atoms with van der Waals surface area (Å²) in [7, 11) is 0. The van der Waals surface area contributed by atoms with Gasteiger partial charge in [-0.05, 0) is 18.4 Å². The van der Waals surface area contributed by atoms with Gasteiger partial charge in [-0.1, -0.05) is 30.3 Å². The van der Waals surface area contributed by atoms with Crippen molar-refractivity contribution in [2.24, 2.45) is 5.73 Å². The maximum Gasteiger partial charge on any atom is 0.224 e. The molecule has 1 saturated heterocycles. The average Bonchev–Trinajstić information content (AvgIpc) is 2.94. The first-order chi connectivity index (χ1) is 9.31. The molecule has 1 aromatic carbocycles. The fraction of sp³-hybridized carbons (Fsp3) is 0.533. The van der Waals surface area contributed by atoms with E-state index in [0.717, 1.165) is 26.0 Å². The van der Waals surface area contributed by atoms with Gasteiger partial charge in [-0.15, -0.1) is 12.4 Å². The van der Waals surface area contributed by atoms with Crippen LogP contribution in [-0.2, 0) is 16.0 Å². The Morgan fingerprint density at radius 2 is 2.10 bits per heavy atom. The van der Waals surface area contributed by atoms with Crippen molar-refractivity contribution in [1.29, 1.82) is 0 Å². The van der Waals surface area contributed by atoms with Gasteiger partial charge in [0.1, 0.15) is 0 Å². The van der Waals surface area contributed by atoms with E-state index in [2.05, 4.69) is 12.1 Å². The summed E-state index contributed by atoms with van der Waals surface area (Å²) in [5.74, 6) is 0.147. The number of amides is 1. The van der Waals surface area contributed by atoms with Crippen LogP contribution in [0.5, 0.6) is 0 Å². The molecule has 112 valence electrons. The Kier molecular flexibility index (Phi) is 7.59. The molecule has 20 heavy (non-hydrogen) atoms. The maximum atomic E-state index is 12.1. The van der Waals surface area contributed by atoms with E-state index in [0.29, 0.717) is 19.6 Å². The van der Waals surface area contributed by atoms with Crippen LogP contribution in [0.4, 0.5) is 0 Å². The molecule has 1 aliphatic heterocycles. The van der Waals surface area contributed by atoms with Crippen molar-refractivity contribution >= 4 is 18.3 Å². The minimum absolute atomic E-state index is 0. The Bertz CT molecular complexity index is 394. The van der Waals surface area contributed by atoms with Crippen LogP contribution in [0.25, 0.3) is 0 Å². The summed E-state index contributed by atoms with van der Waals surface area (Å²) >= 11 is 0. The van der Waals surface area contributed by atoms with Crippen molar-refractivity contribution in [2.45, 2.75) is 25.3 Å². The normalized spacial score (nSPS) is 17.6. The summed E-state index contributed by atoms with van der Waals surface area (Å²) in [5.41, 5.74) is 6.75. The quantitative estimate of drug-likeness (QED) is 0.868.